The number of nitrogens with two attached hydrogens (primary N) is 1. The van der Waals surface area contributed by atoms with E-state index in [0.717, 1.165) is 0 Å². The summed E-state index contributed by atoms with van der Waals surface area (Å²) >= 11 is 0. The number of carbonyl (C=O) groups excluding carboxylic acids is 1. The predicted octanol–water partition coefficient (Wildman–Crippen LogP) is -0.748. The molecule has 0 aliphatic carbocycles. The number of carbonyl (C=O) groups is 1. The third-order valence-electron chi connectivity index (χ3n) is 2.16. The van der Waals surface area contributed by atoms with Gasteiger partial charge in [0, 0.05) is 37.8 Å². The molecule has 0 spiro atoms. The largest absolute Gasteiger partial charge is 0.409 e. The van der Waals surface area contributed by atoms with Gasteiger partial charge in [-0.1, -0.05) is 5.16 Å². The van der Waals surface area contributed by atoms with Gasteiger partial charge in [-0.15, -0.1) is 0 Å². The fraction of sp³-hybridized carbons (Fsp3) is 0.300. The van der Waals surface area contributed by atoms with Crippen molar-refractivity contribution in [1.29, 1.82) is 0 Å². The number of hydrogen-bond acceptors (Lipinski definition) is 4. The first kappa shape index (κ1) is 12.8. The van der Waals surface area contributed by atoms with Crippen LogP contribution >= 0.6 is 0 Å². The number of hydrogen-bond donors (Lipinski definition) is 3. The van der Waals surface area contributed by atoms with Gasteiger partial charge in [-0.25, -0.2) is 0 Å². The summed E-state index contributed by atoms with van der Waals surface area (Å²) in [6.07, 6.45) is 1.76. The molecule has 4 N–H and O–H groups in total. The fourth-order valence-electron chi connectivity index (χ4n) is 1.15. The van der Waals surface area contributed by atoms with Gasteiger partial charge in [-0.3, -0.25) is 9.59 Å². The quantitative estimate of drug-likeness (QED) is 0.277. The maximum Gasteiger partial charge on any atom is 0.251 e. The van der Waals surface area contributed by atoms with Crippen LogP contribution in [-0.4, -0.2) is 28.1 Å². The van der Waals surface area contributed by atoms with E-state index in [2.05, 4.69) is 10.5 Å². The van der Waals surface area contributed by atoms with Crippen LogP contribution < -0.4 is 16.6 Å². The summed E-state index contributed by atoms with van der Waals surface area (Å²) in [7, 11) is 1.60. The van der Waals surface area contributed by atoms with E-state index in [-0.39, 0.29) is 35.8 Å². The molecule has 7 heteroatoms. The van der Waals surface area contributed by atoms with Gasteiger partial charge in [-0.2, -0.15) is 0 Å². The summed E-state index contributed by atoms with van der Waals surface area (Å²) in [5.41, 5.74) is 5.27. The molecule has 1 aromatic heterocycles. The monoisotopic (exact) mass is 238 g/mol. The minimum absolute atomic E-state index is 0.0364. The van der Waals surface area contributed by atoms with Crippen LogP contribution in [0.4, 0.5) is 0 Å². The lowest BCUT2D eigenvalue weighted by molar-refractivity contribution is 0.0954. The van der Waals surface area contributed by atoms with E-state index in [1.165, 1.54) is 16.8 Å². The molecule has 0 saturated heterocycles. The highest BCUT2D eigenvalue weighted by Gasteiger charge is 2.06. The molecule has 17 heavy (non-hydrogen) atoms. The van der Waals surface area contributed by atoms with Gasteiger partial charge in [0.1, 0.15) is 5.84 Å². The van der Waals surface area contributed by atoms with Gasteiger partial charge in [0.25, 0.3) is 11.5 Å². The molecule has 0 aliphatic heterocycles. The molecule has 0 saturated carbocycles. The first-order valence-electron chi connectivity index (χ1n) is 4.96. The standard InChI is InChI=1S/C10H14N4O3/c1-14-5-3-7(6-9(14)15)10(16)12-4-2-8(11)13-17/h3,5-6,17H,2,4H2,1H3,(H2,11,13)(H,12,16). The molecule has 1 heterocycles. The summed E-state index contributed by atoms with van der Waals surface area (Å²) in [6.45, 7) is 0.240. The first-order valence-corrected chi connectivity index (χ1v) is 4.96. The number of oxime groups is 1. The van der Waals surface area contributed by atoms with E-state index in [4.69, 9.17) is 10.9 Å². The molecule has 0 atom stereocenters. The second kappa shape index (κ2) is 5.69. The van der Waals surface area contributed by atoms with Crippen LogP contribution in [0.5, 0.6) is 0 Å². The number of aromatic nitrogens is 1. The molecule has 7 nitrogen and oxygen atoms in total. The number of amides is 1. The molecule has 92 valence electrons. The Morgan fingerprint density at radius 1 is 1.65 bits per heavy atom. The second-order valence-electron chi connectivity index (χ2n) is 3.46. The number of nitrogens with zero attached hydrogens (tertiary/aromatic N) is 2. The van der Waals surface area contributed by atoms with E-state index in [0.29, 0.717) is 0 Å². The molecule has 0 radical (unpaired) electrons. The van der Waals surface area contributed by atoms with Crippen LogP contribution in [0, 0.1) is 0 Å². The maximum absolute atomic E-state index is 11.6. The zero-order chi connectivity index (χ0) is 12.8. The van der Waals surface area contributed by atoms with Gasteiger partial charge in [0.15, 0.2) is 0 Å². The topological polar surface area (TPSA) is 110 Å². The van der Waals surface area contributed by atoms with Crippen LogP contribution in [0.25, 0.3) is 0 Å². The predicted molar refractivity (Wildman–Crippen MR) is 62.0 cm³/mol. The van der Waals surface area contributed by atoms with E-state index in [9.17, 15) is 9.59 Å². The zero-order valence-corrected chi connectivity index (χ0v) is 9.38. The lowest BCUT2D eigenvalue weighted by Gasteiger charge is -2.04. The van der Waals surface area contributed by atoms with Crippen molar-refractivity contribution in [3.63, 3.8) is 0 Å². The van der Waals surface area contributed by atoms with Gasteiger partial charge in [0.2, 0.25) is 0 Å². The average Bonchev–Trinajstić information content (AvgIpc) is 2.32. The van der Waals surface area contributed by atoms with Crippen molar-refractivity contribution >= 4 is 11.7 Å². The lowest BCUT2D eigenvalue weighted by atomic mass is 10.2. The molecule has 0 aliphatic rings. The van der Waals surface area contributed by atoms with Crippen LogP contribution in [0.15, 0.2) is 28.3 Å². The zero-order valence-electron chi connectivity index (χ0n) is 9.38. The minimum atomic E-state index is -0.367. The van der Waals surface area contributed by atoms with Crippen molar-refractivity contribution in [3.05, 3.63) is 34.2 Å². The molecule has 0 aromatic carbocycles. The minimum Gasteiger partial charge on any atom is -0.409 e. The Balaban J connectivity index is 2.59. The van der Waals surface area contributed by atoms with Gasteiger partial charge < -0.3 is 20.8 Å². The Hall–Kier alpha value is -2.31. The van der Waals surface area contributed by atoms with E-state index in [1.54, 1.807) is 13.1 Å². The lowest BCUT2D eigenvalue weighted by Crippen LogP contribution is -2.29. The Labute approximate surface area is 97.5 Å². The molecular weight excluding hydrogens is 224 g/mol. The van der Waals surface area contributed by atoms with E-state index >= 15 is 0 Å². The van der Waals surface area contributed by atoms with Crippen LogP contribution in [0.2, 0.25) is 0 Å². The molecule has 1 rings (SSSR count). The van der Waals surface area contributed by atoms with Gasteiger partial charge >= 0.3 is 0 Å². The summed E-state index contributed by atoms with van der Waals surface area (Å²) in [5.74, 6) is -0.331. The molecule has 0 fully saturated rings. The maximum atomic E-state index is 11.6. The number of aryl methyl sites for hydroxylation is 1. The smallest absolute Gasteiger partial charge is 0.251 e. The highest BCUT2D eigenvalue weighted by Crippen LogP contribution is 1.93. The van der Waals surface area contributed by atoms with Crippen molar-refractivity contribution in [1.82, 2.24) is 9.88 Å². The SMILES string of the molecule is Cn1ccc(C(=O)NCC/C(N)=N/O)cc1=O. The van der Waals surface area contributed by atoms with Crippen molar-refractivity contribution in [2.24, 2.45) is 17.9 Å². The molecule has 1 aromatic rings. The highest BCUT2D eigenvalue weighted by atomic mass is 16.4. The average molecular weight is 238 g/mol. The highest BCUT2D eigenvalue weighted by molar-refractivity contribution is 5.94. The molecule has 0 bridgehead atoms. The second-order valence-corrected chi connectivity index (χ2v) is 3.46. The third kappa shape index (κ3) is 3.63. The Kier molecular flexibility index (Phi) is 4.27. The van der Waals surface area contributed by atoms with Gasteiger partial charge in [-0.05, 0) is 6.07 Å². The summed E-state index contributed by atoms with van der Waals surface area (Å²) < 4.78 is 1.37. The first-order chi connectivity index (χ1) is 8.04. The van der Waals surface area contributed by atoms with Crippen molar-refractivity contribution in [2.75, 3.05) is 6.54 Å². The van der Waals surface area contributed by atoms with Crippen LogP contribution in [-0.2, 0) is 7.05 Å². The van der Waals surface area contributed by atoms with Gasteiger partial charge in [0.05, 0.1) is 0 Å². The van der Waals surface area contributed by atoms with E-state index < -0.39 is 0 Å². The van der Waals surface area contributed by atoms with Crippen molar-refractivity contribution in [3.8, 4) is 0 Å². The molecular formula is C10H14N4O3. The third-order valence-corrected chi connectivity index (χ3v) is 2.16. The normalized spacial score (nSPS) is 11.2. The fourth-order valence-corrected chi connectivity index (χ4v) is 1.15. The Morgan fingerprint density at radius 3 is 2.94 bits per heavy atom. The number of pyridine rings is 1. The van der Waals surface area contributed by atoms with Crippen molar-refractivity contribution in [2.45, 2.75) is 6.42 Å². The van der Waals surface area contributed by atoms with Crippen molar-refractivity contribution < 1.29 is 10.0 Å². The summed E-state index contributed by atoms with van der Waals surface area (Å²) in [4.78, 5) is 22.9. The summed E-state index contributed by atoms with van der Waals surface area (Å²) in [6, 6.07) is 2.79. The number of nitrogens with one attached hydrogen (secondary N) is 1. The molecule has 1 amide bonds. The Bertz CT molecular complexity index is 493. The number of amidine groups is 1. The Morgan fingerprint density at radius 2 is 2.35 bits per heavy atom. The van der Waals surface area contributed by atoms with Crippen LogP contribution in [0.3, 0.4) is 0 Å². The van der Waals surface area contributed by atoms with Crippen LogP contribution in [0.1, 0.15) is 16.8 Å². The van der Waals surface area contributed by atoms with E-state index in [1.807, 2.05) is 0 Å². The number of rotatable bonds is 4. The molecule has 0 unspecified atom stereocenters. The summed E-state index contributed by atoms with van der Waals surface area (Å²) in [5, 5.41) is 13.6.